The summed E-state index contributed by atoms with van der Waals surface area (Å²) >= 11 is 6.21. The van der Waals surface area contributed by atoms with Crippen LogP contribution in [0, 0.1) is 6.92 Å². The Morgan fingerprint density at radius 2 is 1.93 bits per heavy atom. The van der Waals surface area contributed by atoms with E-state index in [1.54, 1.807) is 35.9 Å². The summed E-state index contributed by atoms with van der Waals surface area (Å²) in [7, 11) is -3.12. The minimum Gasteiger partial charge on any atom is -0.268 e. The fraction of sp³-hybridized carbons (Fsp3) is 0.263. The molecule has 0 bridgehead atoms. The molecule has 10 heteroatoms. The molecule has 2 aliphatic rings. The Kier molecular flexibility index (Phi) is 3.85. The lowest BCUT2D eigenvalue weighted by atomic mass is 10.1. The van der Waals surface area contributed by atoms with E-state index in [1.165, 1.54) is 6.20 Å². The first-order valence-corrected chi connectivity index (χ1v) is 11.2. The first-order valence-electron chi connectivity index (χ1n) is 9.00. The highest BCUT2D eigenvalue weighted by molar-refractivity contribution is 7.91. The van der Waals surface area contributed by atoms with Gasteiger partial charge in [0, 0.05) is 6.20 Å². The third-order valence-electron chi connectivity index (χ3n) is 5.39. The van der Waals surface area contributed by atoms with Crippen molar-refractivity contribution in [1.82, 2.24) is 14.8 Å². The van der Waals surface area contributed by atoms with Crippen molar-refractivity contribution in [3.8, 4) is 0 Å². The highest BCUT2D eigenvalue weighted by Gasteiger charge is 2.41. The van der Waals surface area contributed by atoms with Gasteiger partial charge in [-0.05, 0) is 25.5 Å². The first-order chi connectivity index (χ1) is 13.8. The molecule has 0 saturated carbocycles. The summed E-state index contributed by atoms with van der Waals surface area (Å²) in [5.74, 6) is -0.906. The molecule has 1 atom stereocenters. The number of aromatic nitrogens is 3. The predicted molar refractivity (Wildman–Crippen MR) is 107 cm³/mol. The number of imide groups is 1. The summed E-state index contributed by atoms with van der Waals surface area (Å²) < 4.78 is 25.4. The van der Waals surface area contributed by atoms with Crippen LogP contribution in [-0.2, 0) is 9.84 Å². The molecule has 29 heavy (non-hydrogen) atoms. The molecule has 0 radical (unpaired) electrons. The number of hydrogen-bond donors (Lipinski definition) is 0. The molecule has 1 aromatic carbocycles. The summed E-state index contributed by atoms with van der Waals surface area (Å²) in [6.45, 7) is 1.72. The second-order valence-electron chi connectivity index (χ2n) is 7.23. The number of halogens is 1. The van der Waals surface area contributed by atoms with Gasteiger partial charge in [-0.2, -0.15) is 5.10 Å². The molecule has 1 saturated heterocycles. The van der Waals surface area contributed by atoms with E-state index < -0.39 is 21.7 Å². The number of amides is 2. The van der Waals surface area contributed by atoms with E-state index in [2.05, 4.69) is 10.1 Å². The standard InChI is InChI=1S/C19H15ClN4O4S/c1-10-15-16-12(18(25)23(19(16)26)14-5-3-2-4-13(14)20)8-21-17(15)24(22-10)11-6-7-29(27,28)9-11/h2-5,8,11H,6-7,9H2,1H3. The number of anilines is 1. The Labute approximate surface area is 171 Å². The first kappa shape index (κ1) is 18.3. The van der Waals surface area contributed by atoms with Crippen molar-refractivity contribution in [2.75, 3.05) is 16.4 Å². The van der Waals surface area contributed by atoms with Gasteiger partial charge in [-0.1, -0.05) is 23.7 Å². The van der Waals surface area contributed by atoms with Gasteiger partial charge < -0.3 is 0 Å². The lowest BCUT2D eigenvalue weighted by molar-refractivity contribution is 0.0926. The molecule has 148 valence electrons. The molecule has 3 aromatic rings. The van der Waals surface area contributed by atoms with Gasteiger partial charge in [-0.3, -0.25) is 9.59 Å². The van der Waals surface area contributed by atoms with Crippen molar-refractivity contribution in [3.05, 3.63) is 52.3 Å². The fourth-order valence-corrected chi connectivity index (χ4v) is 5.97. The number of aryl methyl sites for hydroxylation is 1. The summed E-state index contributed by atoms with van der Waals surface area (Å²) in [6, 6.07) is 6.29. The van der Waals surface area contributed by atoms with Crippen LogP contribution in [0.15, 0.2) is 30.5 Å². The van der Waals surface area contributed by atoms with Crippen molar-refractivity contribution < 1.29 is 18.0 Å². The van der Waals surface area contributed by atoms with Crippen molar-refractivity contribution in [2.24, 2.45) is 0 Å². The number of fused-ring (bicyclic) bond motifs is 3. The Morgan fingerprint density at radius 3 is 2.62 bits per heavy atom. The van der Waals surface area contributed by atoms with Crippen molar-refractivity contribution in [2.45, 2.75) is 19.4 Å². The van der Waals surface area contributed by atoms with Crippen LogP contribution in [0.2, 0.25) is 5.02 Å². The van der Waals surface area contributed by atoms with E-state index in [-0.39, 0.29) is 33.7 Å². The molecule has 1 fully saturated rings. The zero-order valence-corrected chi connectivity index (χ0v) is 16.9. The molecule has 8 nitrogen and oxygen atoms in total. The number of para-hydroxylation sites is 1. The van der Waals surface area contributed by atoms with Gasteiger partial charge >= 0.3 is 0 Å². The van der Waals surface area contributed by atoms with Gasteiger partial charge in [-0.15, -0.1) is 0 Å². The van der Waals surface area contributed by atoms with Gasteiger partial charge in [0.2, 0.25) is 0 Å². The van der Waals surface area contributed by atoms with Gasteiger partial charge in [0.05, 0.1) is 50.5 Å². The highest BCUT2D eigenvalue weighted by Crippen LogP contribution is 2.37. The topological polar surface area (TPSA) is 102 Å². The molecule has 5 rings (SSSR count). The Hall–Kier alpha value is -2.78. The quantitative estimate of drug-likeness (QED) is 0.579. The smallest absolute Gasteiger partial charge is 0.267 e. The van der Waals surface area contributed by atoms with Gasteiger partial charge in [0.15, 0.2) is 15.5 Å². The second-order valence-corrected chi connectivity index (χ2v) is 9.87. The molecule has 4 heterocycles. The van der Waals surface area contributed by atoms with Crippen LogP contribution in [0.3, 0.4) is 0 Å². The number of sulfone groups is 1. The summed E-state index contributed by atoms with van der Waals surface area (Å²) in [5.41, 5.74) is 1.65. The number of benzene rings is 1. The SMILES string of the molecule is Cc1nn(C2CCS(=O)(=O)C2)c2ncc3c(c12)C(=O)N(c1ccccc1Cl)C3=O. The molecule has 2 aliphatic heterocycles. The summed E-state index contributed by atoms with van der Waals surface area (Å²) in [4.78, 5) is 31.6. The lowest BCUT2D eigenvalue weighted by Crippen LogP contribution is -2.29. The average molecular weight is 431 g/mol. The number of rotatable bonds is 2. The maximum absolute atomic E-state index is 13.2. The predicted octanol–water partition coefficient (Wildman–Crippen LogP) is 2.55. The fourth-order valence-electron chi connectivity index (χ4n) is 4.06. The van der Waals surface area contributed by atoms with Crippen molar-refractivity contribution in [1.29, 1.82) is 0 Å². The number of nitrogens with zero attached hydrogens (tertiary/aromatic N) is 4. The van der Waals surface area contributed by atoms with Crippen LogP contribution >= 0.6 is 11.6 Å². The van der Waals surface area contributed by atoms with Crippen LogP contribution in [0.4, 0.5) is 5.69 Å². The van der Waals surface area contributed by atoms with E-state index >= 15 is 0 Å². The van der Waals surface area contributed by atoms with E-state index in [0.717, 1.165) is 4.90 Å². The molecule has 0 N–H and O–H groups in total. The van der Waals surface area contributed by atoms with Crippen LogP contribution in [0.5, 0.6) is 0 Å². The third-order valence-corrected chi connectivity index (χ3v) is 7.46. The largest absolute Gasteiger partial charge is 0.268 e. The molecular weight excluding hydrogens is 416 g/mol. The Balaban J connectivity index is 1.68. The number of hydrogen-bond acceptors (Lipinski definition) is 6. The Morgan fingerprint density at radius 1 is 1.17 bits per heavy atom. The monoisotopic (exact) mass is 430 g/mol. The normalized spacial score (nSPS) is 20.6. The van der Waals surface area contributed by atoms with E-state index in [1.807, 2.05) is 0 Å². The van der Waals surface area contributed by atoms with Crippen molar-refractivity contribution in [3.63, 3.8) is 0 Å². The van der Waals surface area contributed by atoms with Crippen LogP contribution in [-0.4, -0.2) is 46.5 Å². The van der Waals surface area contributed by atoms with E-state index in [0.29, 0.717) is 28.8 Å². The van der Waals surface area contributed by atoms with Crippen LogP contribution < -0.4 is 4.90 Å². The highest BCUT2D eigenvalue weighted by atomic mass is 35.5. The average Bonchev–Trinajstić information content (AvgIpc) is 3.29. The molecule has 1 unspecified atom stereocenters. The molecule has 2 amide bonds. The van der Waals surface area contributed by atoms with Crippen LogP contribution in [0.1, 0.15) is 38.9 Å². The molecule has 2 aromatic heterocycles. The van der Waals surface area contributed by atoms with Crippen LogP contribution in [0.25, 0.3) is 11.0 Å². The minimum absolute atomic E-state index is 0.0133. The molecule has 0 aliphatic carbocycles. The van der Waals surface area contributed by atoms with Gasteiger partial charge in [0.25, 0.3) is 11.8 Å². The lowest BCUT2D eigenvalue weighted by Gasteiger charge is -2.15. The maximum Gasteiger partial charge on any atom is 0.267 e. The number of carbonyl (C=O) groups is 2. The second kappa shape index (κ2) is 6.11. The zero-order chi connectivity index (χ0) is 20.5. The third kappa shape index (κ3) is 2.61. The summed E-state index contributed by atoms with van der Waals surface area (Å²) in [5, 5.41) is 5.23. The zero-order valence-electron chi connectivity index (χ0n) is 15.3. The van der Waals surface area contributed by atoms with E-state index in [9.17, 15) is 18.0 Å². The van der Waals surface area contributed by atoms with Crippen molar-refractivity contribution >= 4 is 50.0 Å². The number of pyridine rings is 1. The Bertz CT molecular complexity index is 1330. The molecular formula is C19H15ClN4O4S. The minimum atomic E-state index is -3.12. The van der Waals surface area contributed by atoms with Gasteiger partial charge in [0.1, 0.15) is 0 Å². The maximum atomic E-state index is 13.2. The molecule has 0 spiro atoms. The van der Waals surface area contributed by atoms with E-state index in [4.69, 9.17) is 11.6 Å². The number of carbonyl (C=O) groups excluding carboxylic acids is 2. The summed E-state index contributed by atoms with van der Waals surface area (Å²) in [6.07, 6.45) is 1.80. The van der Waals surface area contributed by atoms with Gasteiger partial charge in [-0.25, -0.2) is 23.0 Å².